The van der Waals surface area contributed by atoms with E-state index in [-0.39, 0.29) is 5.56 Å². The largest absolute Gasteiger partial charge is 0.455 e. The number of hydrogen-bond acceptors (Lipinski definition) is 2. The highest BCUT2D eigenvalue weighted by Crippen LogP contribution is 2.46. The quantitative estimate of drug-likeness (QED) is 0.761. The van der Waals surface area contributed by atoms with Crippen molar-refractivity contribution in [1.82, 2.24) is 0 Å². The van der Waals surface area contributed by atoms with Crippen molar-refractivity contribution in [2.24, 2.45) is 5.73 Å². The van der Waals surface area contributed by atoms with Gasteiger partial charge in [-0.05, 0) is 38.3 Å². The molecule has 1 unspecified atom stereocenters. The lowest BCUT2D eigenvalue weighted by Crippen LogP contribution is -2.45. The van der Waals surface area contributed by atoms with E-state index in [0.29, 0.717) is 14.6 Å². The molecule has 0 aliphatic rings. The topological polar surface area (TPSA) is 26.0 Å². The zero-order valence-electron chi connectivity index (χ0n) is 9.14. The molecule has 0 amide bonds. The number of thiophene rings is 1. The van der Waals surface area contributed by atoms with Crippen LogP contribution in [0.4, 0.5) is 22.0 Å². The summed E-state index contributed by atoms with van der Waals surface area (Å²) in [5.41, 5.74) is 4.94. The van der Waals surface area contributed by atoms with E-state index in [0.717, 1.165) is 11.3 Å². The third-order valence-electron chi connectivity index (χ3n) is 2.69. The summed E-state index contributed by atoms with van der Waals surface area (Å²) in [4.78, 5) is 0. The Hall–Kier alpha value is -0.730. The molecule has 0 radical (unpaired) electrons. The Bertz CT molecular complexity index is 607. The van der Waals surface area contributed by atoms with E-state index in [1.54, 1.807) is 12.1 Å². The molecule has 2 aromatic rings. The highest BCUT2D eigenvalue weighted by Gasteiger charge is 2.62. The Morgan fingerprint density at radius 1 is 1.16 bits per heavy atom. The number of fused-ring (bicyclic) bond motifs is 1. The summed E-state index contributed by atoms with van der Waals surface area (Å²) in [7, 11) is 0. The minimum absolute atomic E-state index is 0.205. The average Bonchev–Trinajstić information content (AvgIpc) is 2.71. The zero-order chi connectivity index (χ0) is 14.4. The van der Waals surface area contributed by atoms with Crippen LogP contribution in [0.2, 0.25) is 0 Å². The van der Waals surface area contributed by atoms with Gasteiger partial charge in [-0.25, -0.2) is 0 Å². The summed E-state index contributed by atoms with van der Waals surface area (Å²) >= 11 is 4.28. The molecule has 0 aliphatic heterocycles. The van der Waals surface area contributed by atoms with Gasteiger partial charge in [-0.3, -0.25) is 0 Å². The van der Waals surface area contributed by atoms with Gasteiger partial charge in [0.1, 0.15) is 6.04 Å². The van der Waals surface area contributed by atoms with E-state index >= 15 is 0 Å². The molecule has 1 aromatic heterocycles. The molecule has 0 spiro atoms. The number of nitrogens with two attached hydrogens (primary N) is 1. The van der Waals surface area contributed by atoms with E-state index in [2.05, 4.69) is 15.9 Å². The van der Waals surface area contributed by atoms with Crippen LogP contribution >= 0.6 is 27.3 Å². The van der Waals surface area contributed by atoms with Crippen LogP contribution in [0, 0.1) is 0 Å². The number of halogens is 6. The fraction of sp³-hybridized carbons (Fsp3) is 0.273. The second kappa shape index (κ2) is 4.68. The molecular weight excluding hydrogens is 353 g/mol. The summed E-state index contributed by atoms with van der Waals surface area (Å²) in [6, 6.07) is 2.28. The van der Waals surface area contributed by atoms with Gasteiger partial charge in [0.2, 0.25) is 0 Å². The van der Waals surface area contributed by atoms with Gasteiger partial charge < -0.3 is 5.73 Å². The molecule has 0 saturated heterocycles. The van der Waals surface area contributed by atoms with Gasteiger partial charge in [-0.15, -0.1) is 11.3 Å². The Morgan fingerprint density at radius 2 is 1.79 bits per heavy atom. The van der Waals surface area contributed by atoms with Crippen LogP contribution in [0.15, 0.2) is 28.1 Å². The molecule has 2 rings (SSSR count). The summed E-state index contributed by atoms with van der Waals surface area (Å²) in [5.74, 6) is -4.97. The third-order valence-corrected chi connectivity index (χ3v) is 4.66. The molecule has 0 fully saturated rings. The lowest BCUT2D eigenvalue weighted by molar-refractivity contribution is -0.290. The smallest absolute Gasteiger partial charge is 0.319 e. The Kier molecular flexibility index (Phi) is 3.61. The average molecular weight is 360 g/mol. The summed E-state index contributed by atoms with van der Waals surface area (Å²) in [5, 5.41) is 1.54. The molecule has 0 bridgehead atoms. The number of benzene rings is 1. The number of alkyl halides is 5. The van der Waals surface area contributed by atoms with Crippen molar-refractivity contribution in [3.63, 3.8) is 0 Å². The first-order chi connectivity index (χ1) is 8.66. The monoisotopic (exact) mass is 359 g/mol. The lowest BCUT2D eigenvalue weighted by Gasteiger charge is -2.25. The van der Waals surface area contributed by atoms with Gasteiger partial charge >= 0.3 is 12.1 Å². The maximum atomic E-state index is 13.3. The van der Waals surface area contributed by atoms with Crippen molar-refractivity contribution < 1.29 is 22.0 Å². The second-order valence-corrected chi connectivity index (χ2v) is 5.64. The molecule has 1 nitrogen and oxygen atoms in total. The van der Waals surface area contributed by atoms with Crippen LogP contribution in [-0.4, -0.2) is 12.1 Å². The van der Waals surface area contributed by atoms with Crippen molar-refractivity contribution >= 4 is 37.4 Å². The predicted octanol–water partition coefficient (Wildman–Crippen LogP) is 4.86. The standard InChI is InChI=1S/C11H7BrF5NS/c12-7-3-1-2-5-6(4-19-8(5)7)9(18)10(13,14)11(15,16)17/h1-4,9H,18H2. The zero-order valence-corrected chi connectivity index (χ0v) is 11.5. The molecule has 19 heavy (non-hydrogen) atoms. The van der Waals surface area contributed by atoms with E-state index in [4.69, 9.17) is 5.73 Å². The van der Waals surface area contributed by atoms with E-state index in [1.807, 2.05) is 0 Å². The fourth-order valence-electron chi connectivity index (χ4n) is 1.65. The lowest BCUT2D eigenvalue weighted by atomic mass is 10.0. The second-order valence-electron chi connectivity index (χ2n) is 3.91. The Morgan fingerprint density at radius 3 is 2.37 bits per heavy atom. The fourth-order valence-corrected chi connectivity index (χ4v) is 3.31. The first-order valence-electron chi connectivity index (χ1n) is 5.02. The van der Waals surface area contributed by atoms with E-state index in [9.17, 15) is 22.0 Å². The van der Waals surface area contributed by atoms with Gasteiger partial charge in [0.05, 0.1) is 0 Å². The Balaban J connectivity index is 2.54. The van der Waals surface area contributed by atoms with Crippen LogP contribution in [0.3, 0.4) is 0 Å². The molecular formula is C11H7BrF5NS. The van der Waals surface area contributed by atoms with Gasteiger partial charge in [0.25, 0.3) is 0 Å². The molecule has 1 aromatic carbocycles. The summed E-state index contributed by atoms with van der Waals surface area (Å²) in [6.45, 7) is 0. The van der Waals surface area contributed by atoms with Crippen LogP contribution in [0.1, 0.15) is 11.6 Å². The Labute approximate surface area is 117 Å². The van der Waals surface area contributed by atoms with E-state index < -0.39 is 18.1 Å². The molecule has 8 heteroatoms. The van der Waals surface area contributed by atoms with Crippen molar-refractivity contribution in [2.75, 3.05) is 0 Å². The van der Waals surface area contributed by atoms with Crippen molar-refractivity contribution in [3.8, 4) is 0 Å². The predicted molar refractivity (Wildman–Crippen MR) is 67.5 cm³/mol. The van der Waals surface area contributed by atoms with Gasteiger partial charge in [0.15, 0.2) is 0 Å². The van der Waals surface area contributed by atoms with Crippen molar-refractivity contribution in [1.29, 1.82) is 0 Å². The number of rotatable bonds is 2. The van der Waals surface area contributed by atoms with Crippen molar-refractivity contribution in [3.05, 3.63) is 33.6 Å². The van der Waals surface area contributed by atoms with Crippen molar-refractivity contribution in [2.45, 2.75) is 18.1 Å². The van der Waals surface area contributed by atoms with Crippen LogP contribution in [0.25, 0.3) is 10.1 Å². The minimum Gasteiger partial charge on any atom is -0.319 e. The molecule has 1 atom stereocenters. The third kappa shape index (κ3) is 2.36. The highest BCUT2D eigenvalue weighted by molar-refractivity contribution is 9.10. The summed E-state index contributed by atoms with van der Waals surface area (Å²) < 4.78 is 64.7. The highest BCUT2D eigenvalue weighted by atomic mass is 79.9. The molecule has 0 aliphatic carbocycles. The first kappa shape index (κ1) is 14.7. The number of hydrogen-bond donors (Lipinski definition) is 1. The van der Waals surface area contributed by atoms with Crippen LogP contribution in [0.5, 0.6) is 0 Å². The van der Waals surface area contributed by atoms with E-state index in [1.165, 1.54) is 11.4 Å². The SMILES string of the molecule is NC(c1csc2c(Br)cccc12)C(F)(F)C(F)(F)F. The van der Waals surface area contributed by atoms with Crippen LogP contribution in [-0.2, 0) is 0 Å². The molecule has 104 valence electrons. The molecule has 1 heterocycles. The van der Waals surface area contributed by atoms with Gasteiger partial charge in [-0.2, -0.15) is 22.0 Å². The van der Waals surface area contributed by atoms with Gasteiger partial charge in [0, 0.05) is 9.17 Å². The maximum Gasteiger partial charge on any atom is 0.455 e. The normalized spacial score (nSPS) is 14.9. The van der Waals surface area contributed by atoms with Gasteiger partial charge in [-0.1, -0.05) is 12.1 Å². The minimum atomic E-state index is -5.67. The molecule has 2 N–H and O–H groups in total. The molecule has 0 saturated carbocycles. The van der Waals surface area contributed by atoms with Crippen LogP contribution < -0.4 is 5.73 Å². The first-order valence-corrected chi connectivity index (χ1v) is 6.69. The summed E-state index contributed by atoms with van der Waals surface area (Å²) in [6.07, 6.45) is -5.67. The maximum absolute atomic E-state index is 13.3.